The Hall–Kier alpha value is -2.01. The third kappa shape index (κ3) is 8.21. The van der Waals surface area contributed by atoms with Gasteiger partial charge in [0.05, 0.1) is 6.61 Å². The van der Waals surface area contributed by atoms with Crippen molar-refractivity contribution in [2.75, 3.05) is 13.2 Å². The van der Waals surface area contributed by atoms with Gasteiger partial charge < -0.3 is 10.2 Å². The van der Waals surface area contributed by atoms with Gasteiger partial charge in [-0.2, -0.15) is 4.67 Å². The number of aryl methyl sites for hydroxylation is 2. The van der Waals surface area contributed by atoms with Gasteiger partial charge in [-0.15, -0.1) is 0 Å². The molecule has 0 amide bonds. The Kier molecular flexibility index (Phi) is 10.2. The van der Waals surface area contributed by atoms with Gasteiger partial charge in [-0.1, -0.05) is 79.6 Å². The van der Waals surface area contributed by atoms with Crippen molar-refractivity contribution in [1.82, 2.24) is 5.32 Å². The van der Waals surface area contributed by atoms with E-state index >= 15 is 0 Å². The number of hydrogen-bond acceptors (Lipinski definition) is 4. The van der Waals surface area contributed by atoms with E-state index < -0.39 is 8.25 Å². The monoisotopic (exact) mass is 441 g/mol. The van der Waals surface area contributed by atoms with Crippen LogP contribution in [0.4, 0.5) is 0 Å². The lowest BCUT2D eigenvalue weighted by Gasteiger charge is -2.12. The lowest BCUT2D eigenvalue weighted by atomic mass is 9.95. The van der Waals surface area contributed by atoms with Gasteiger partial charge in [0.2, 0.25) is 0 Å². The molecule has 0 bridgehead atoms. The van der Waals surface area contributed by atoms with Crippen LogP contribution in [0.3, 0.4) is 0 Å². The van der Waals surface area contributed by atoms with Gasteiger partial charge in [0.1, 0.15) is 0 Å². The minimum absolute atomic E-state index is 0.219. The van der Waals surface area contributed by atoms with Crippen molar-refractivity contribution < 1.29 is 19.0 Å². The van der Waals surface area contributed by atoms with Gasteiger partial charge in [-0.05, 0) is 53.1 Å². The van der Waals surface area contributed by atoms with Crippen LogP contribution in [0.1, 0.15) is 42.4 Å². The first kappa shape index (κ1) is 23.6. The van der Waals surface area contributed by atoms with Crippen LogP contribution in [0.25, 0.3) is 10.8 Å². The Balaban J connectivity index is 1.44. The molecule has 1 atom stereocenters. The van der Waals surface area contributed by atoms with Gasteiger partial charge in [-0.25, -0.2) is 4.89 Å². The summed E-state index contributed by atoms with van der Waals surface area (Å²) in [5, 5.41) is 5.89. The van der Waals surface area contributed by atoms with Crippen molar-refractivity contribution in [2.24, 2.45) is 0 Å². The molecule has 1 unspecified atom stereocenters. The standard InChI is InChI=1S/C25H32NO4P/c27-31(28)30-29-19-18-26-20-23-17-16-22(24-14-8-9-15-25(23)24)13-7-2-1-4-10-21-11-5-3-6-12-21/h3,5-6,8-9,11-12,14-17,26,31H,1-2,4,7,10,13,18-20H2,(H,27,28). The maximum absolute atomic E-state index is 10.4. The number of nitrogens with one attached hydrogen (secondary N) is 1. The minimum Gasteiger partial charge on any atom is -0.325 e. The average molecular weight is 442 g/mol. The molecular weight excluding hydrogens is 409 g/mol. The second-order valence-electron chi connectivity index (χ2n) is 7.68. The molecule has 0 radical (unpaired) electrons. The molecule has 0 saturated heterocycles. The molecule has 166 valence electrons. The molecule has 3 rings (SSSR count). The first-order valence-corrected chi connectivity index (χ1v) is 12.3. The predicted octanol–water partition coefficient (Wildman–Crippen LogP) is 5.61. The highest BCUT2D eigenvalue weighted by Gasteiger charge is 2.06. The van der Waals surface area contributed by atoms with Crippen molar-refractivity contribution in [3.63, 3.8) is 0 Å². The predicted molar refractivity (Wildman–Crippen MR) is 126 cm³/mol. The summed E-state index contributed by atoms with van der Waals surface area (Å²) in [6.45, 7) is 1.46. The summed E-state index contributed by atoms with van der Waals surface area (Å²) < 4.78 is 14.7. The van der Waals surface area contributed by atoms with E-state index in [0.717, 1.165) is 6.42 Å². The molecule has 3 aromatic rings. The molecule has 0 heterocycles. The molecular formula is C25H32NO4P. The summed E-state index contributed by atoms with van der Waals surface area (Å²) in [5.41, 5.74) is 4.08. The minimum atomic E-state index is -3.03. The molecule has 31 heavy (non-hydrogen) atoms. The molecule has 6 heteroatoms. The van der Waals surface area contributed by atoms with Crippen molar-refractivity contribution in [1.29, 1.82) is 0 Å². The largest absolute Gasteiger partial charge is 0.344 e. The third-order valence-corrected chi connectivity index (χ3v) is 5.68. The van der Waals surface area contributed by atoms with Crippen LogP contribution in [0.2, 0.25) is 0 Å². The van der Waals surface area contributed by atoms with Crippen molar-refractivity contribution >= 4 is 19.0 Å². The van der Waals surface area contributed by atoms with Crippen molar-refractivity contribution in [2.45, 2.75) is 45.1 Å². The molecule has 0 aliphatic heterocycles. The van der Waals surface area contributed by atoms with Gasteiger partial charge >= 0.3 is 8.25 Å². The topological polar surface area (TPSA) is 67.8 Å². The Morgan fingerprint density at radius 2 is 1.42 bits per heavy atom. The highest BCUT2D eigenvalue weighted by Crippen LogP contribution is 2.24. The van der Waals surface area contributed by atoms with Crippen LogP contribution < -0.4 is 5.32 Å². The summed E-state index contributed by atoms with van der Waals surface area (Å²) in [7, 11) is -3.03. The smallest absolute Gasteiger partial charge is 0.325 e. The SMILES string of the molecule is O=[PH](O)OOCCNCc1ccc(CCCCCCc2ccccc2)c2ccccc12. The number of hydrogen-bond donors (Lipinski definition) is 2. The van der Waals surface area contributed by atoms with E-state index in [1.54, 1.807) is 0 Å². The first-order valence-electron chi connectivity index (χ1n) is 11.0. The van der Waals surface area contributed by atoms with Crippen LogP contribution in [0, 0.1) is 0 Å². The second-order valence-corrected chi connectivity index (χ2v) is 8.38. The Labute approximate surface area is 185 Å². The fraction of sp³-hybridized carbons (Fsp3) is 0.360. The molecule has 0 saturated carbocycles. The Morgan fingerprint density at radius 3 is 2.16 bits per heavy atom. The summed E-state index contributed by atoms with van der Waals surface area (Å²) in [5.74, 6) is 0. The van der Waals surface area contributed by atoms with E-state index in [4.69, 9.17) is 4.89 Å². The Morgan fingerprint density at radius 1 is 0.774 bits per heavy atom. The molecule has 0 fully saturated rings. The summed E-state index contributed by atoms with van der Waals surface area (Å²) in [4.78, 5) is 13.2. The number of unbranched alkanes of at least 4 members (excludes halogenated alkanes) is 3. The van der Waals surface area contributed by atoms with Gasteiger partial charge in [-0.3, -0.25) is 4.57 Å². The summed E-state index contributed by atoms with van der Waals surface area (Å²) in [6, 6.07) is 23.7. The zero-order chi connectivity index (χ0) is 21.7. The highest BCUT2D eigenvalue weighted by atomic mass is 31.1. The van der Waals surface area contributed by atoms with Gasteiger partial charge in [0.25, 0.3) is 0 Å². The fourth-order valence-corrected chi connectivity index (χ4v) is 4.05. The first-order chi connectivity index (χ1) is 15.2. The maximum Gasteiger partial charge on any atom is 0.344 e. The quantitative estimate of drug-likeness (QED) is 0.147. The zero-order valence-electron chi connectivity index (χ0n) is 17.9. The molecule has 2 N–H and O–H groups in total. The van der Waals surface area contributed by atoms with Crippen LogP contribution in [0.5, 0.6) is 0 Å². The average Bonchev–Trinajstić information content (AvgIpc) is 2.79. The molecule has 0 spiro atoms. The summed E-state index contributed by atoms with van der Waals surface area (Å²) in [6.07, 6.45) is 7.26. The van der Waals surface area contributed by atoms with Crippen LogP contribution in [0.15, 0.2) is 66.7 Å². The fourth-order valence-electron chi connectivity index (χ4n) is 3.87. The number of rotatable bonds is 14. The molecule has 0 aliphatic carbocycles. The summed E-state index contributed by atoms with van der Waals surface area (Å²) >= 11 is 0. The van der Waals surface area contributed by atoms with E-state index in [-0.39, 0.29) is 6.61 Å². The van der Waals surface area contributed by atoms with Crippen molar-refractivity contribution in [3.8, 4) is 0 Å². The maximum atomic E-state index is 10.4. The molecule has 3 aromatic carbocycles. The van der Waals surface area contributed by atoms with Gasteiger partial charge in [0.15, 0.2) is 0 Å². The van der Waals surface area contributed by atoms with Gasteiger partial charge in [0, 0.05) is 13.1 Å². The van der Waals surface area contributed by atoms with E-state index in [1.807, 2.05) is 0 Å². The lowest BCUT2D eigenvalue weighted by Crippen LogP contribution is -2.19. The van der Waals surface area contributed by atoms with E-state index in [2.05, 4.69) is 81.6 Å². The molecule has 0 aromatic heterocycles. The van der Waals surface area contributed by atoms with Crippen LogP contribution in [-0.4, -0.2) is 18.0 Å². The highest BCUT2D eigenvalue weighted by molar-refractivity contribution is 7.31. The molecule has 0 aliphatic rings. The zero-order valence-corrected chi connectivity index (χ0v) is 18.9. The Bertz CT molecular complexity index is 949. The lowest BCUT2D eigenvalue weighted by molar-refractivity contribution is -0.205. The van der Waals surface area contributed by atoms with Crippen LogP contribution >= 0.6 is 8.25 Å². The normalized spacial score (nSPS) is 12.3. The van der Waals surface area contributed by atoms with Crippen LogP contribution in [-0.2, 0) is 33.5 Å². The van der Waals surface area contributed by atoms with Crippen molar-refractivity contribution in [3.05, 3.63) is 83.4 Å². The van der Waals surface area contributed by atoms with E-state index in [1.165, 1.54) is 59.6 Å². The second kappa shape index (κ2) is 13.4. The number of fused-ring (bicyclic) bond motifs is 1. The molecule has 5 nitrogen and oxygen atoms in total. The third-order valence-electron chi connectivity index (χ3n) is 5.42. The van der Waals surface area contributed by atoms with E-state index in [9.17, 15) is 4.57 Å². The number of benzene rings is 3. The van der Waals surface area contributed by atoms with E-state index in [0.29, 0.717) is 13.1 Å².